The van der Waals surface area contributed by atoms with Gasteiger partial charge in [0.25, 0.3) is 5.91 Å². The molecular formula is C28H23ClN2O3. The number of benzene rings is 3. The van der Waals surface area contributed by atoms with Gasteiger partial charge in [-0.05, 0) is 72.6 Å². The number of carbonyl (C=O) groups excluding carboxylic acids is 3. The summed E-state index contributed by atoms with van der Waals surface area (Å²) in [5.74, 6) is -0.180. The Bertz CT molecular complexity index is 1290. The van der Waals surface area contributed by atoms with Crippen LogP contribution in [-0.2, 0) is 9.59 Å². The summed E-state index contributed by atoms with van der Waals surface area (Å²) in [4.78, 5) is 40.8. The number of carbonyl (C=O) groups is 3. The largest absolute Gasteiger partial charge is 0.321 e. The van der Waals surface area contributed by atoms with E-state index in [4.69, 9.17) is 11.6 Å². The predicted octanol–water partition coefficient (Wildman–Crippen LogP) is 5.52. The summed E-state index contributed by atoms with van der Waals surface area (Å²) < 4.78 is 0. The lowest BCUT2D eigenvalue weighted by Gasteiger charge is -2.28. The van der Waals surface area contributed by atoms with Crippen LogP contribution in [-0.4, -0.2) is 17.7 Å². The van der Waals surface area contributed by atoms with E-state index in [0.29, 0.717) is 27.9 Å². The molecule has 34 heavy (non-hydrogen) atoms. The van der Waals surface area contributed by atoms with Gasteiger partial charge in [-0.25, -0.2) is 0 Å². The van der Waals surface area contributed by atoms with Gasteiger partial charge in [-0.3, -0.25) is 19.3 Å². The van der Waals surface area contributed by atoms with Crippen molar-refractivity contribution in [2.75, 3.05) is 10.2 Å². The van der Waals surface area contributed by atoms with Crippen LogP contribution in [0.1, 0.15) is 34.7 Å². The lowest BCUT2D eigenvalue weighted by molar-refractivity contribution is -0.123. The van der Waals surface area contributed by atoms with Crippen LogP contribution in [0, 0.1) is 23.7 Å². The van der Waals surface area contributed by atoms with Crippen molar-refractivity contribution in [2.45, 2.75) is 18.8 Å². The van der Waals surface area contributed by atoms with Crippen LogP contribution in [0.25, 0.3) is 0 Å². The van der Waals surface area contributed by atoms with E-state index in [9.17, 15) is 14.4 Å². The number of amides is 3. The van der Waals surface area contributed by atoms with E-state index in [1.165, 1.54) is 10.5 Å². The summed E-state index contributed by atoms with van der Waals surface area (Å²) in [7, 11) is 0. The van der Waals surface area contributed by atoms with Crippen LogP contribution in [0.15, 0.2) is 78.9 Å². The van der Waals surface area contributed by atoms with Gasteiger partial charge in [0.15, 0.2) is 0 Å². The minimum atomic E-state index is -0.306. The van der Waals surface area contributed by atoms with Crippen molar-refractivity contribution in [3.63, 3.8) is 0 Å². The van der Waals surface area contributed by atoms with E-state index < -0.39 is 0 Å². The first kappa shape index (κ1) is 21.1. The number of imide groups is 1. The van der Waals surface area contributed by atoms with Gasteiger partial charge >= 0.3 is 0 Å². The molecule has 3 amide bonds. The van der Waals surface area contributed by atoms with Crippen molar-refractivity contribution in [2.24, 2.45) is 23.7 Å². The molecule has 3 aliphatic rings. The maximum atomic E-state index is 13.5. The van der Waals surface area contributed by atoms with Gasteiger partial charge in [0.1, 0.15) is 0 Å². The first-order valence-electron chi connectivity index (χ1n) is 11.6. The second-order valence-corrected chi connectivity index (χ2v) is 9.86. The monoisotopic (exact) mass is 470 g/mol. The zero-order valence-electron chi connectivity index (χ0n) is 18.4. The van der Waals surface area contributed by atoms with Gasteiger partial charge in [-0.15, -0.1) is 0 Å². The highest BCUT2D eigenvalue weighted by molar-refractivity contribution is 6.34. The van der Waals surface area contributed by atoms with Crippen LogP contribution in [0.4, 0.5) is 11.4 Å². The molecule has 0 spiro atoms. The van der Waals surface area contributed by atoms with Crippen LogP contribution < -0.4 is 10.2 Å². The average molecular weight is 471 g/mol. The maximum Gasteiger partial charge on any atom is 0.255 e. The van der Waals surface area contributed by atoms with E-state index in [1.807, 2.05) is 18.2 Å². The lowest BCUT2D eigenvalue weighted by Crippen LogP contribution is -2.33. The van der Waals surface area contributed by atoms with E-state index in [1.54, 1.807) is 48.5 Å². The maximum absolute atomic E-state index is 13.5. The fraction of sp³-hybridized carbons (Fsp3) is 0.250. The highest BCUT2D eigenvalue weighted by atomic mass is 35.5. The molecule has 0 radical (unpaired) electrons. The van der Waals surface area contributed by atoms with E-state index in [-0.39, 0.29) is 41.4 Å². The van der Waals surface area contributed by atoms with Crippen molar-refractivity contribution in [1.29, 1.82) is 0 Å². The molecule has 1 saturated heterocycles. The molecule has 3 fully saturated rings. The molecule has 1 heterocycles. The third-order valence-electron chi connectivity index (χ3n) is 7.75. The molecule has 5 atom stereocenters. The zero-order valence-corrected chi connectivity index (χ0v) is 19.1. The third kappa shape index (κ3) is 3.26. The number of rotatable bonds is 4. The van der Waals surface area contributed by atoms with Gasteiger partial charge in [-0.2, -0.15) is 0 Å². The number of halogens is 1. The fourth-order valence-electron chi connectivity index (χ4n) is 6.32. The number of nitrogens with one attached hydrogen (secondary N) is 1. The van der Waals surface area contributed by atoms with Gasteiger partial charge in [0.05, 0.1) is 28.2 Å². The minimum Gasteiger partial charge on any atom is -0.321 e. The average Bonchev–Trinajstić information content (AvgIpc) is 3.52. The normalized spacial score (nSPS) is 27.2. The third-order valence-corrected chi connectivity index (χ3v) is 8.08. The summed E-state index contributed by atoms with van der Waals surface area (Å²) in [5, 5.41) is 3.24. The molecule has 1 N–H and O–H groups in total. The van der Waals surface area contributed by atoms with E-state index in [0.717, 1.165) is 12.8 Å². The summed E-state index contributed by atoms with van der Waals surface area (Å²) >= 11 is 6.13. The van der Waals surface area contributed by atoms with Crippen LogP contribution >= 0.6 is 11.6 Å². The molecule has 2 saturated carbocycles. The highest BCUT2D eigenvalue weighted by Crippen LogP contribution is 2.61. The Kier molecular flexibility index (Phi) is 5.03. The topological polar surface area (TPSA) is 66.5 Å². The fourth-order valence-corrected chi connectivity index (χ4v) is 6.50. The van der Waals surface area contributed by atoms with E-state index >= 15 is 0 Å². The Labute approximate surface area is 202 Å². The van der Waals surface area contributed by atoms with E-state index in [2.05, 4.69) is 17.4 Å². The number of fused-ring (bicyclic) bond motifs is 5. The molecule has 170 valence electrons. The summed E-state index contributed by atoms with van der Waals surface area (Å²) in [6, 6.07) is 24.0. The Morgan fingerprint density at radius 3 is 2.24 bits per heavy atom. The second-order valence-electron chi connectivity index (χ2n) is 9.46. The Morgan fingerprint density at radius 1 is 0.824 bits per heavy atom. The SMILES string of the molecule is O=C(Nc1ccccc1Cl)c1ccc(N2C(=O)[C@@H]3[C@@H]4C[C@@H]([C@H]3C2=O)[C@@H](c2ccccc2)C4)cc1. The molecule has 2 aliphatic carbocycles. The van der Waals surface area contributed by atoms with Crippen molar-refractivity contribution in [3.8, 4) is 0 Å². The molecule has 3 aromatic rings. The van der Waals surface area contributed by atoms with Crippen LogP contribution in [0.2, 0.25) is 5.02 Å². The number of nitrogens with zero attached hydrogens (tertiary/aromatic N) is 1. The number of hydrogen-bond acceptors (Lipinski definition) is 3. The molecule has 6 rings (SSSR count). The summed E-state index contributed by atoms with van der Waals surface area (Å²) in [6.45, 7) is 0. The Hall–Kier alpha value is -3.44. The molecule has 0 aromatic heterocycles. The quantitative estimate of drug-likeness (QED) is 0.510. The lowest BCUT2D eigenvalue weighted by atomic mass is 9.73. The number of anilines is 2. The van der Waals surface area contributed by atoms with Gasteiger partial charge < -0.3 is 5.32 Å². The zero-order chi connectivity index (χ0) is 23.4. The van der Waals surface area contributed by atoms with Crippen LogP contribution in [0.5, 0.6) is 0 Å². The van der Waals surface area contributed by atoms with Crippen molar-refractivity contribution in [3.05, 3.63) is 95.0 Å². The number of para-hydroxylation sites is 1. The van der Waals surface area contributed by atoms with Crippen molar-refractivity contribution < 1.29 is 14.4 Å². The van der Waals surface area contributed by atoms with Gasteiger partial charge in [0, 0.05) is 5.56 Å². The Balaban J connectivity index is 1.22. The van der Waals surface area contributed by atoms with Crippen molar-refractivity contribution in [1.82, 2.24) is 0 Å². The molecule has 1 aliphatic heterocycles. The predicted molar refractivity (Wildman–Crippen MR) is 131 cm³/mol. The molecular weight excluding hydrogens is 448 g/mol. The Morgan fingerprint density at radius 2 is 1.50 bits per heavy atom. The molecule has 2 bridgehead atoms. The molecule has 5 nitrogen and oxygen atoms in total. The molecule has 0 unspecified atom stereocenters. The smallest absolute Gasteiger partial charge is 0.255 e. The standard InChI is InChI=1S/C28H23ClN2O3/c29-22-8-4-5-9-23(22)30-26(32)17-10-12-19(13-11-17)31-27(33)24-18-14-20(16-6-2-1-3-7-16)21(15-18)25(24)28(31)34/h1-13,18,20-21,24-25H,14-15H2,(H,30,32)/t18-,20+,21+,24+,25+/m0/s1. The summed E-state index contributed by atoms with van der Waals surface area (Å²) in [6.07, 6.45) is 1.91. The summed E-state index contributed by atoms with van der Waals surface area (Å²) in [5.41, 5.74) is 2.74. The number of hydrogen-bond donors (Lipinski definition) is 1. The highest BCUT2D eigenvalue weighted by Gasteiger charge is 2.64. The van der Waals surface area contributed by atoms with Crippen LogP contribution in [0.3, 0.4) is 0 Å². The van der Waals surface area contributed by atoms with Gasteiger partial charge in [-0.1, -0.05) is 54.1 Å². The van der Waals surface area contributed by atoms with Crippen molar-refractivity contribution >= 4 is 40.7 Å². The minimum absolute atomic E-state index is 0.0951. The molecule has 6 heteroatoms. The van der Waals surface area contributed by atoms with Gasteiger partial charge in [0.2, 0.25) is 11.8 Å². The second kappa shape index (κ2) is 8.10. The first-order chi connectivity index (χ1) is 16.5. The molecule has 3 aromatic carbocycles. The first-order valence-corrected chi connectivity index (χ1v) is 12.0.